The van der Waals surface area contributed by atoms with E-state index in [4.69, 9.17) is 5.11 Å². The van der Waals surface area contributed by atoms with Gasteiger partial charge in [-0.25, -0.2) is 9.97 Å². The van der Waals surface area contributed by atoms with E-state index in [1.165, 1.54) is 6.07 Å². The van der Waals surface area contributed by atoms with Gasteiger partial charge in [-0.3, -0.25) is 0 Å². The first-order valence-corrected chi connectivity index (χ1v) is 6.91. The molecule has 21 heavy (non-hydrogen) atoms. The minimum Gasteiger partial charge on any atom is -0.396 e. The Labute approximate surface area is 122 Å². The highest BCUT2D eigenvalue weighted by Gasteiger charge is 2.35. The van der Waals surface area contributed by atoms with E-state index in [0.717, 1.165) is 6.42 Å². The van der Waals surface area contributed by atoms with Crippen LogP contribution in [0.25, 0.3) is 0 Å². The van der Waals surface area contributed by atoms with Crippen molar-refractivity contribution in [3.63, 3.8) is 0 Å². The van der Waals surface area contributed by atoms with Gasteiger partial charge < -0.3 is 15.7 Å². The molecule has 0 amide bonds. The molecule has 0 aromatic carbocycles. The van der Waals surface area contributed by atoms with Gasteiger partial charge in [-0.2, -0.15) is 13.2 Å². The summed E-state index contributed by atoms with van der Waals surface area (Å²) in [6, 6.07) is 1.45. The first kappa shape index (κ1) is 17.5. The molecule has 0 aliphatic heterocycles. The second kappa shape index (κ2) is 8.02. The third kappa shape index (κ3) is 6.16. The van der Waals surface area contributed by atoms with Crippen LogP contribution in [0.4, 0.5) is 24.8 Å². The molecule has 0 saturated carbocycles. The normalized spacial score (nSPS) is 13.0. The molecule has 1 heterocycles. The molecule has 0 bridgehead atoms. The number of aromatic nitrogens is 2. The lowest BCUT2D eigenvalue weighted by Crippen LogP contribution is -2.18. The standard InChI is InChI=1S/C13H21F3N4O/c1-3-5-17-10-7-11(18-8-9(2)4-6-21)20-12(19-10)13(14,15)16/h7,9,21H,3-6,8H2,1-2H3,(H2,17,18,19,20). The zero-order chi connectivity index (χ0) is 15.9. The summed E-state index contributed by atoms with van der Waals surface area (Å²) < 4.78 is 38.3. The van der Waals surface area contributed by atoms with Crippen molar-refractivity contribution in [2.45, 2.75) is 32.9 Å². The Morgan fingerprint density at radius 3 is 2.38 bits per heavy atom. The van der Waals surface area contributed by atoms with Crippen molar-refractivity contribution >= 4 is 11.6 Å². The van der Waals surface area contributed by atoms with Crippen molar-refractivity contribution in [2.75, 3.05) is 30.3 Å². The van der Waals surface area contributed by atoms with Gasteiger partial charge in [0.05, 0.1) is 0 Å². The fraction of sp³-hybridized carbons (Fsp3) is 0.692. The molecule has 1 aromatic rings. The van der Waals surface area contributed by atoms with Crippen LogP contribution in [-0.4, -0.2) is 34.8 Å². The maximum atomic E-state index is 12.8. The lowest BCUT2D eigenvalue weighted by molar-refractivity contribution is -0.144. The Morgan fingerprint density at radius 2 is 1.86 bits per heavy atom. The van der Waals surface area contributed by atoms with Crippen LogP contribution in [0.5, 0.6) is 0 Å². The van der Waals surface area contributed by atoms with E-state index in [2.05, 4.69) is 20.6 Å². The summed E-state index contributed by atoms with van der Waals surface area (Å²) in [5, 5.41) is 14.5. The van der Waals surface area contributed by atoms with Crippen molar-refractivity contribution in [1.29, 1.82) is 0 Å². The summed E-state index contributed by atoms with van der Waals surface area (Å²) in [7, 11) is 0. The van der Waals surface area contributed by atoms with Crippen LogP contribution in [0.15, 0.2) is 6.07 Å². The number of nitrogens with one attached hydrogen (secondary N) is 2. The zero-order valence-corrected chi connectivity index (χ0v) is 12.2. The molecule has 1 aromatic heterocycles. The molecule has 8 heteroatoms. The number of aliphatic hydroxyl groups is 1. The van der Waals surface area contributed by atoms with Crippen LogP contribution in [0.3, 0.4) is 0 Å². The Morgan fingerprint density at radius 1 is 1.24 bits per heavy atom. The number of halogens is 3. The number of alkyl halides is 3. The Hall–Kier alpha value is -1.57. The molecule has 0 aliphatic rings. The molecule has 3 N–H and O–H groups in total. The maximum Gasteiger partial charge on any atom is 0.451 e. The van der Waals surface area contributed by atoms with Gasteiger partial charge in [0, 0.05) is 25.8 Å². The van der Waals surface area contributed by atoms with E-state index in [0.29, 0.717) is 19.5 Å². The zero-order valence-electron chi connectivity index (χ0n) is 12.2. The van der Waals surface area contributed by atoms with Crippen LogP contribution in [0.2, 0.25) is 0 Å². The first-order chi connectivity index (χ1) is 9.86. The summed E-state index contributed by atoms with van der Waals surface area (Å²) in [5.41, 5.74) is 0. The molecule has 0 radical (unpaired) electrons. The minimum atomic E-state index is -4.59. The fourth-order valence-electron chi connectivity index (χ4n) is 1.61. The summed E-state index contributed by atoms with van der Waals surface area (Å²) >= 11 is 0. The van der Waals surface area contributed by atoms with Crippen molar-refractivity contribution in [3.05, 3.63) is 11.9 Å². The Kier molecular flexibility index (Phi) is 6.67. The van der Waals surface area contributed by atoms with Gasteiger partial charge >= 0.3 is 6.18 Å². The highest BCUT2D eigenvalue weighted by Crippen LogP contribution is 2.28. The number of hydrogen-bond acceptors (Lipinski definition) is 5. The second-order valence-corrected chi connectivity index (χ2v) is 4.88. The van der Waals surface area contributed by atoms with E-state index >= 15 is 0 Å². The quantitative estimate of drug-likeness (QED) is 0.689. The van der Waals surface area contributed by atoms with Crippen LogP contribution in [0.1, 0.15) is 32.5 Å². The molecule has 0 fully saturated rings. The molecule has 1 rings (SSSR count). The number of aliphatic hydroxyl groups excluding tert-OH is 1. The molecular weight excluding hydrogens is 285 g/mol. The summed E-state index contributed by atoms with van der Waals surface area (Å²) in [6.07, 6.45) is -3.23. The van der Waals surface area contributed by atoms with Gasteiger partial charge in [0.2, 0.25) is 5.82 Å². The van der Waals surface area contributed by atoms with Crippen molar-refractivity contribution in [3.8, 4) is 0 Å². The lowest BCUT2D eigenvalue weighted by Gasteiger charge is -2.14. The average molecular weight is 306 g/mol. The molecule has 1 unspecified atom stereocenters. The number of anilines is 2. The van der Waals surface area contributed by atoms with Gasteiger partial charge in [-0.15, -0.1) is 0 Å². The third-order valence-electron chi connectivity index (χ3n) is 2.79. The van der Waals surface area contributed by atoms with Crippen LogP contribution in [0, 0.1) is 5.92 Å². The lowest BCUT2D eigenvalue weighted by atomic mass is 10.1. The number of nitrogens with zero attached hydrogens (tertiary/aromatic N) is 2. The molecule has 120 valence electrons. The fourth-order valence-corrected chi connectivity index (χ4v) is 1.61. The van der Waals surface area contributed by atoms with Gasteiger partial charge in [0.15, 0.2) is 0 Å². The van der Waals surface area contributed by atoms with Crippen molar-refractivity contribution < 1.29 is 18.3 Å². The Bertz CT molecular complexity index is 440. The molecule has 0 aliphatic carbocycles. The highest BCUT2D eigenvalue weighted by atomic mass is 19.4. The average Bonchev–Trinajstić information content (AvgIpc) is 2.42. The van der Waals surface area contributed by atoms with Crippen LogP contribution in [-0.2, 0) is 6.18 Å². The predicted octanol–water partition coefficient (Wildman–Crippen LogP) is 2.75. The molecule has 0 spiro atoms. The first-order valence-electron chi connectivity index (χ1n) is 6.91. The largest absolute Gasteiger partial charge is 0.451 e. The van der Waals surface area contributed by atoms with Crippen molar-refractivity contribution in [1.82, 2.24) is 9.97 Å². The number of rotatable bonds is 8. The molecule has 1 atom stereocenters. The van der Waals surface area contributed by atoms with Gasteiger partial charge in [0.25, 0.3) is 0 Å². The number of hydrogen-bond donors (Lipinski definition) is 3. The maximum absolute atomic E-state index is 12.8. The van der Waals surface area contributed by atoms with E-state index in [9.17, 15) is 13.2 Å². The SMILES string of the molecule is CCCNc1cc(NCC(C)CCO)nc(C(F)(F)F)n1. The van der Waals surface area contributed by atoms with Gasteiger partial charge in [-0.1, -0.05) is 13.8 Å². The highest BCUT2D eigenvalue weighted by molar-refractivity contribution is 5.47. The molecule has 5 nitrogen and oxygen atoms in total. The topological polar surface area (TPSA) is 70.1 Å². The minimum absolute atomic E-state index is 0.0454. The van der Waals surface area contributed by atoms with E-state index in [-0.39, 0.29) is 24.2 Å². The van der Waals surface area contributed by atoms with Gasteiger partial charge in [-0.05, 0) is 18.8 Å². The van der Waals surface area contributed by atoms with E-state index in [1.54, 1.807) is 0 Å². The van der Waals surface area contributed by atoms with Crippen molar-refractivity contribution in [2.24, 2.45) is 5.92 Å². The smallest absolute Gasteiger partial charge is 0.396 e. The Balaban J connectivity index is 2.85. The monoisotopic (exact) mass is 306 g/mol. The summed E-state index contributed by atoms with van der Waals surface area (Å²) in [6.45, 7) is 4.82. The van der Waals surface area contributed by atoms with Crippen LogP contribution >= 0.6 is 0 Å². The van der Waals surface area contributed by atoms with E-state index < -0.39 is 12.0 Å². The summed E-state index contributed by atoms with van der Waals surface area (Å²) in [4.78, 5) is 6.97. The second-order valence-electron chi connectivity index (χ2n) is 4.88. The molecular formula is C13H21F3N4O. The third-order valence-corrected chi connectivity index (χ3v) is 2.79. The molecule has 0 saturated heterocycles. The van der Waals surface area contributed by atoms with Gasteiger partial charge in [0.1, 0.15) is 11.6 Å². The van der Waals surface area contributed by atoms with Crippen LogP contribution < -0.4 is 10.6 Å². The predicted molar refractivity (Wildman–Crippen MR) is 75.2 cm³/mol. The summed E-state index contributed by atoms with van der Waals surface area (Å²) in [5.74, 6) is -0.760. The van der Waals surface area contributed by atoms with E-state index in [1.807, 2.05) is 13.8 Å².